The van der Waals surface area contributed by atoms with Gasteiger partial charge in [-0.2, -0.15) is 15.6 Å². The highest BCUT2D eigenvalue weighted by Crippen LogP contribution is 2.09. The molecule has 1 heterocycles. The molecule has 0 bridgehead atoms. The van der Waals surface area contributed by atoms with Crippen LogP contribution in [0.15, 0.2) is 64.3 Å². The lowest BCUT2D eigenvalue weighted by Crippen LogP contribution is -2.41. The van der Waals surface area contributed by atoms with Gasteiger partial charge in [0, 0.05) is 0 Å². The van der Waals surface area contributed by atoms with Gasteiger partial charge in [-0.15, -0.1) is 0 Å². The molecule has 0 fully saturated rings. The molecule has 3 aromatic rings. The average molecular weight is 343 g/mol. The highest BCUT2D eigenvalue weighted by atomic mass is 16.2. The third-order valence-electron chi connectivity index (χ3n) is 3.95. The van der Waals surface area contributed by atoms with Crippen LogP contribution in [0, 0.1) is 22.7 Å². The molecule has 0 N–H and O–H groups in total. The molecular formula is C19H13N5O2. The maximum absolute atomic E-state index is 12.7. The summed E-state index contributed by atoms with van der Waals surface area (Å²) in [5, 5.41) is 22.2. The van der Waals surface area contributed by atoms with E-state index in [1.54, 1.807) is 48.5 Å². The molecule has 0 saturated carbocycles. The largest absolute Gasteiger partial charge is 0.348 e. The average Bonchev–Trinajstić information content (AvgIpc) is 2.68. The molecule has 1 aromatic heterocycles. The summed E-state index contributed by atoms with van der Waals surface area (Å²) < 4.78 is 2.16. The normalized spacial score (nSPS) is 10.1. The molecule has 7 nitrogen and oxygen atoms in total. The van der Waals surface area contributed by atoms with Gasteiger partial charge in [0.05, 0.1) is 36.4 Å². The van der Waals surface area contributed by atoms with Gasteiger partial charge in [0.25, 0.3) is 5.56 Å². The summed E-state index contributed by atoms with van der Waals surface area (Å²) in [6, 6.07) is 17.8. The summed E-state index contributed by atoms with van der Waals surface area (Å²) in [6.07, 6.45) is 1.06. The summed E-state index contributed by atoms with van der Waals surface area (Å²) in [7, 11) is 0. The van der Waals surface area contributed by atoms with Gasteiger partial charge in [-0.25, -0.2) is 9.48 Å². The molecule has 0 aliphatic rings. The van der Waals surface area contributed by atoms with E-state index in [-0.39, 0.29) is 13.1 Å². The van der Waals surface area contributed by atoms with Crippen LogP contribution in [-0.4, -0.2) is 14.3 Å². The summed E-state index contributed by atoms with van der Waals surface area (Å²) >= 11 is 0. The van der Waals surface area contributed by atoms with Gasteiger partial charge < -0.3 is 0 Å². The maximum atomic E-state index is 12.7. The first-order valence-electron chi connectivity index (χ1n) is 7.77. The number of nitrogens with zero attached hydrogens (tertiary/aromatic N) is 5. The van der Waals surface area contributed by atoms with Crippen LogP contribution in [-0.2, 0) is 13.1 Å². The molecule has 126 valence electrons. The second kappa shape index (κ2) is 7.29. The van der Waals surface area contributed by atoms with Crippen molar-refractivity contribution in [2.75, 3.05) is 0 Å². The Morgan fingerprint density at radius 1 is 0.846 bits per heavy atom. The first-order chi connectivity index (χ1) is 12.6. The molecule has 7 heteroatoms. The lowest BCUT2D eigenvalue weighted by Gasteiger charge is -2.10. The number of hydrogen-bond acceptors (Lipinski definition) is 5. The van der Waals surface area contributed by atoms with Crippen molar-refractivity contribution in [1.82, 2.24) is 14.3 Å². The van der Waals surface area contributed by atoms with Crippen LogP contribution >= 0.6 is 0 Å². The lowest BCUT2D eigenvalue weighted by molar-refractivity contribution is 0.540. The van der Waals surface area contributed by atoms with Gasteiger partial charge in [-0.3, -0.25) is 9.36 Å². The second-order valence-corrected chi connectivity index (χ2v) is 5.55. The van der Waals surface area contributed by atoms with Crippen molar-refractivity contribution in [3.63, 3.8) is 0 Å². The Balaban J connectivity index is 2.03. The Labute approximate surface area is 148 Å². The number of benzene rings is 2. The molecule has 0 radical (unpaired) electrons. The van der Waals surface area contributed by atoms with E-state index in [1.807, 2.05) is 6.07 Å². The van der Waals surface area contributed by atoms with Crippen molar-refractivity contribution in [3.05, 3.63) is 97.8 Å². The molecule has 3 rings (SSSR count). The fourth-order valence-corrected chi connectivity index (χ4v) is 2.59. The molecule has 0 aliphatic carbocycles. The van der Waals surface area contributed by atoms with Crippen LogP contribution in [0.5, 0.6) is 0 Å². The van der Waals surface area contributed by atoms with Gasteiger partial charge in [0.15, 0.2) is 0 Å². The molecule has 26 heavy (non-hydrogen) atoms. The SMILES string of the molecule is N#Cc1ccccc1Cn1ncc(=O)n(Cc2ccccc2C#N)c1=O. The summed E-state index contributed by atoms with van der Waals surface area (Å²) in [6.45, 7) is 0.0482. The number of rotatable bonds is 4. The fraction of sp³-hybridized carbons (Fsp3) is 0.105. The standard InChI is InChI=1S/C19H13N5O2/c20-9-14-5-1-3-7-16(14)12-23-18(25)11-22-24(19(23)26)13-17-8-4-2-6-15(17)10-21/h1-8,11H,12-13H2. The maximum Gasteiger partial charge on any atom is 0.348 e. The van der Waals surface area contributed by atoms with Crippen LogP contribution in [0.1, 0.15) is 22.3 Å². The van der Waals surface area contributed by atoms with Gasteiger partial charge in [-0.1, -0.05) is 36.4 Å². The van der Waals surface area contributed by atoms with Crippen LogP contribution in [0.2, 0.25) is 0 Å². The van der Waals surface area contributed by atoms with E-state index < -0.39 is 11.2 Å². The fourth-order valence-electron chi connectivity index (χ4n) is 2.59. The summed E-state index contributed by atoms with van der Waals surface area (Å²) in [4.78, 5) is 24.8. The predicted octanol–water partition coefficient (Wildman–Crippen LogP) is 1.24. The van der Waals surface area contributed by atoms with Crippen LogP contribution < -0.4 is 11.2 Å². The quantitative estimate of drug-likeness (QED) is 0.709. The summed E-state index contributed by atoms with van der Waals surface area (Å²) in [5.74, 6) is 0. The number of aromatic nitrogens is 3. The zero-order valence-corrected chi connectivity index (χ0v) is 13.7. The Kier molecular flexibility index (Phi) is 4.73. The minimum absolute atomic E-state index is 0.0240. The lowest BCUT2D eigenvalue weighted by atomic mass is 10.1. The van der Waals surface area contributed by atoms with E-state index in [2.05, 4.69) is 11.2 Å². The Morgan fingerprint density at radius 2 is 1.38 bits per heavy atom. The van der Waals surface area contributed by atoms with Gasteiger partial charge in [-0.05, 0) is 23.3 Å². The van der Waals surface area contributed by atoms with Crippen LogP contribution in [0.3, 0.4) is 0 Å². The molecule has 2 aromatic carbocycles. The molecule has 0 amide bonds. The van der Waals surface area contributed by atoms with Gasteiger partial charge in [0.2, 0.25) is 0 Å². The second-order valence-electron chi connectivity index (χ2n) is 5.55. The molecular weight excluding hydrogens is 330 g/mol. The minimum Gasteiger partial charge on any atom is -0.267 e. The van der Waals surface area contributed by atoms with Crippen molar-refractivity contribution in [3.8, 4) is 12.1 Å². The van der Waals surface area contributed by atoms with Crippen molar-refractivity contribution in [1.29, 1.82) is 10.5 Å². The Hall–Kier alpha value is -3.97. The van der Waals surface area contributed by atoms with Crippen molar-refractivity contribution < 1.29 is 0 Å². The number of nitriles is 2. The van der Waals surface area contributed by atoms with E-state index >= 15 is 0 Å². The van der Waals surface area contributed by atoms with Crippen LogP contribution in [0.25, 0.3) is 0 Å². The van der Waals surface area contributed by atoms with E-state index in [0.717, 1.165) is 15.4 Å². The van der Waals surface area contributed by atoms with Gasteiger partial charge >= 0.3 is 5.69 Å². The van der Waals surface area contributed by atoms with Gasteiger partial charge in [0.1, 0.15) is 6.20 Å². The van der Waals surface area contributed by atoms with Crippen molar-refractivity contribution in [2.45, 2.75) is 13.1 Å². The van der Waals surface area contributed by atoms with Crippen molar-refractivity contribution >= 4 is 0 Å². The third-order valence-corrected chi connectivity index (χ3v) is 3.95. The molecule has 0 spiro atoms. The zero-order chi connectivity index (χ0) is 18.5. The monoisotopic (exact) mass is 343 g/mol. The van der Waals surface area contributed by atoms with Crippen molar-refractivity contribution in [2.24, 2.45) is 0 Å². The first kappa shape index (κ1) is 16.9. The molecule has 0 aliphatic heterocycles. The van der Waals surface area contributed by atoms with E-state index in [4.69, 9.17) is 0 Å². The topological polar surface area (TPSA) is 104 Å². The molecule has 0 unspecified atom stereocenters. The third kappa shape index (κ3) is 3.28. The van der Waals surface area contributed by atoms with E-state index in [0.29, 0.717) is 22.3 Å². The summed E-state index contributed by atoms with van der Waals surface area (Å²) in [5.41, 5.74) is 0.896. The highest BCUT2D eigenvalue weighted by Gasteiger charge is 2.11. The Morgan fingerprint density at radius 3 is 1.96 bits per heavy atom. The number of hydrogen-bond donors (Lipinski definition) is 0. The van der Waals surface area contributed by atoms with E-state index in [9.17, 15) is 20.1 Å². The minimum atomic E-state index is -0.599. The predicted molar refractivity (Wildman–Crippen MR) is 93.3 cm³/mol. The zero-order valence-electron chi connectivity index (χ0n) is 13.7. The van der Waals surface area contributed by atoms with E-state index in [1.165, 1.54) is 0 Å². The molecule has 0 saturated heterocycles. The smallest absolute Gasteiger partial charge is 0.267 e. The highest BCUT2D eigenvalue weighted by molar-refractivity contribution is 5.38. The Bertz CT molecular complexity index is 1160. The molecule has 0 atom stereocenters. The van der Waals surface area contributed by atoms with Crippen LogP contribution in [0.4, 0.5) is 0 Å². The first-order valence-corrected chi connectivity index (χ1v) is 7.77.